The van der Waals surface area contributed by atoms with Crippen LogP contribution in [-0.2, 0) is 6.18 Å². The number of carbonyl (C=O) groups excluding carboxylic acids is 1. The molecule has 0 bridgehead atoms. The van der Waals surface area contributed by atoms with Gasteiger partial charge in [-0.1, -0.05) is 6.07 Å². The van der Waals surface area contributed by atoms with Crippen LogP contribution in [0.3, 0.4) is 0 Å². The van der Waals surface area contributed by atoms with Crippen molar-refractivity contribution in [1.29, 1.82) is 0 Å². The van der Waals surface area contributed by atoms with Crippen LogP contribution in [0, 0.1) is 0 Å². The smallest absolute Gasteiger partial charge is 0.433 e. The molecule has 1 aromatic carbocycles. The average molecular weight is 336 g/mol. The summed E-state index contributed by atoms with van der Waals surface area (Å²) in [6, 6.07) is 5.93. The largest absolute Gasteiger partial charge is 0.507 e. The molecule has 124 valence electrons. The highest BCUT2D eigenvalue weighted by atomic mass is 19.4. The van der Waals surface area contributed by atoms with Crippen LogP contribution in [0.2, 0.25) is 0 Å². The van der Waals surface area contributed by atoms with Crippen molar-refractivity contribution in [3.05, 3.63) is 53.5 Å². The zero-order valence-electron chi connectivity index (χ0n) is 12.3. The van der Waals surface area contributed by atoms with Crippen molar-refractivity contribution in [3.8, 4) is 11.5 Å². The monoisotopic (exact) mass is 336 g/mol. The van der Waals surface area contributed by atoms with E-state index in [2.05, 4.69) is 9.97 Å². The predicted molar refractivity (Wildman–Crippen MR) is 79.2 cm³/mol. The van der Waals surface area contributed by atoms with E-state index in [0.29, 0.717) is 11.3 Å². The Morgan fingerprint density at radius 3 is 2.67 bits per heavy atom. The van der Waals surface area contributed by atoms with E-state index in [0.717, 1.165) is 12.1 Å². The lowest BCUT2D eigenvalue weighted by Gasteiger charge is -2.07. The molecule has 0 atom stereocenters. The molecule has 0 saturated heterocycles. The molecule has 0 unspecified atom stereocenters. The van der Waals surface area contributed by atoms with Crippen molar-refractivity contribution in [1.82, 2.24) is 9.97 Å². The van der Waals surface area contributed by atoms with Gasteiger partial charge in [0.2, 0.25) is 5.78 Å². The summed E-state index contributed by atoms with van der Waals surface area (Å²) in [7, 11) is 1.42. The fourth-order valence-electron chi connectivity index (χ4n) is 2.41. The first-order valence-electron chi connectivity index (χ1n) is 6.79. The van der Waals surface area contributed by atoms with Crippen molar-refractivity contribution in [3.63, 3.8) is 0 Å². The van der Waals surface area contributed by atoms with E-state index in [1.54, 1.807) is 0 Å². The Kier molecular flexibility index (Phi) is 3.67. The van der Waals surface area contributed by atoms with Crippen LogP contribution in [0.4, 0.5) is 13.2 Å². The molecule has 0 spiro atoms. The molecular weight excluding hydrogens is 325 g/mol. The third kappa shape index (κ3) is 2.55. The second-order valence-corrected chi connectivity index (χ2v) is 4.97. The highest BCUT2D eigenvalue weighted by molar-refractivity contribution is 6.17. The van der Waals surface area contributed by atoms with E-state index < -0.39 is 17.7 Å². The lowest BCUT2D eigenvalue weighted by atomic mass is 10.1. The Morgan fingerprint density at radius 2 is 2.00 bits per heavy atom. The van der Waals surface area contributed by atoms with Crippen molar-refractivity contribution >= 4 is 16.7 Å². The maximum Gasteiger partial charge on any atom is 0.433 e. The molecule has 0 saturated carbocycles. The minimum Gasteiger partial charge on any atom is -0.507 e. The topological polar surface area (TPSA) is 75.2 Å². The second kappa shape index (κ2) is 5.55. The predicted octanol–water partition coefficient (Wildman–Crippen LogP) is 3.53. The van der Waals surface area contributed by atoms with Gasteiger partial charge in [-0.3, -0.25) is 4.79 Å². The molecule has 2 N–H and O–H groups in total. The Labute approximate surface area is 133 Å². The standard InChI is InChI=1S/C16H11F3N2O3/c1-24-11-6-5-10(22)13-8(7-20-14(11)13)15(23)9-3-2-4-12(21-9)16(17,18)19/h2-7,20,22H,1H3. The number of pyridine rings is 1. The molecule has 0 aliphatic rings. The molecule has 0 aliphatic heterocycles. The van der Waals surface area contributed by atoms with E-state index in [9.17, 15) is 23.1 Å². The number of methoxy groups -OCH3 is 1. The number of ether oxygens (including phenoxy) is 1. The summed E-state index contributed by atoms with van der Waals surface area (Å²) in [5.74, 6) is -0.544. The van der Waals surface area contributed by atoms with Crippen LogP contribution >= 0.6 is 0 Å². The normalized spacial score (nSPS) is 11.7. The number of aromatic hydroxyl groups is 1. The maximum atomic E-state index is 12.8. The van der Waals surface area contributed by atoms with Gasteiger partial charge < -0.3 is 14.8 Å². The summed E-state index contributed by atoms with van der Waals surface area (Å²) in [6.45, 7) is 0. The number of aromatic nitrogens is 2. The zero-order chi connectivity index (χ0) is 17.5. The van der Waals surface area contributed by atoms with E-state index in [1.165, 1.54) is 31.5 Å². The Morgan fingerprint density at radius 1 is 1.25 bits per heavy atom. The highest BCUT2D eigenvalue weighted by Gasteiger charge is 2.33. The SMILES string of the molecule is COc1ccc(O)c2c(C(=O)c3cccc(C(F)(F)F)n3)c[nH]c12. The minimum absolute atomic E-state index is 0.00762. The van der Waals surface area contributed by atoms with Gasteiger partial charge >= 0.3 is 6.18 Å². The lowest BCUT2D eigenvalue weighted by Crippen LogP contribution is -2.12. The van der Waals surface area contributed by atoms with Crippen molar-refractivity contribution < 1.29 is 27.8 Å². The summed E-state index contributed by atoms with van der Waals surface area (Å²) in [5, 5.41) is 10.2. The fraction of sp³-hybridized carbons (Fsp3) is 0.125. The number of hydrogen-bond donors (Lipinski definition) is 2. The quantitative estimate of drug-likeness (QED) is 0.718. The van der Waals surface area contributed by atoms with Crippen LogP contribution < -0.4 is 4.74 Å². The Hall–Kier alpha value is -3.03. The molecule has 0 radical (unpaired) electrons. The number of alkyl halides is 3. The molecule has 0 fully saturated rings. The summed E-state index contributed by atoms with van der Waals surface area (Å²) < 4.78 is 43.4. The number of H-pyrrole nitrogens is 1. The van der Waals surface area contributed by atoms with Gasteiger partial charge in [-0.2, -0.15) is 13.2 Å². The van der Waals surface area contributed by atoms with Crippen LogP contribution in [0.15, 0.2) is 36.5 Å². The Balaban J connectivity index is 2.13. The molecule has 0 aliphatic carbocycles. The van der Waals surface area contributed by atoms with E-state index in [-0.39, 0.29) is 22.4 Å². The number of nitrogens with one attached hydrogen (secondary N) is 1. The number of nitrogens with zero attached hydrogens (tertiary/aromatic N) is 1. The molecule has 24 heavy (non-hydrogen) atoms. The third-order valence-corrected chi connectivity index (χ3v) is 3.51. The van der Waals surface area contributed by atoms with E-state index in [1.807, 2.05) is 0 Å². The molecule has 5 nitrogen and oxygen atoms in total. The minimum atomic E-state index is -4.65. The zero-order valence-corrected chi connectivity index (χ0v) is 12.3. The molecule has 3 aromatic rings. The van der Waals surface area contributed by atoms with Crippen LogP contribution in [0.5, 0.6) is 11.5 Å². The van der Waals surface area contributed by atoms with Crippen LogP contribution in [0.1, 0.15) is 21.7 Å². The van der Waals surface area contributed by atoms with Gasteiger partial charge in [-0.25, -0.2) is 4.98 Å². The molecular formula is C16H11F3N2O3. The summed E-state index contributed by atoms with van der Waals surface area (Å²) in [6.07, 6.45) is -3.35. The number of fused-ring (bicyclic) bond motifs is 1. The number of hydrogen-bond acceptors (Lipinski definition) is 4. The number of benzene rings is 1. The number of phenols is 1. The van der Waals surface area contributed by atoms with E-state index in [4.69, 9.17) is 4.74 Å². The molecule has 3 rings (SSSR count). The summed E-state index contributed by atoms with van der Waals surface area (Å²) in [5.41, 5.74) is -1.15. The number of halogens is 3. The van der Waals surface area contributed by atoms with Gasteiger partial charge in [0.15, 0.2) is 0 Å². The van der Waals surface area contributed by atoms with Gasteiger partial charge in [0, 0.05) is 6.20 Å². The fourth-order valence-corrected chi connectivity index (χ4v) is 2.41. The summed E-state index contributed by atoms with van der Waals surface area (Å²) >= 11 is 0. The van der Waals surface area contributed by atoms with E-state index >= 15 is 0 Å². The van der Waals surface area contributed by atoms with Crippen LogP contribution in [0.25, 0.3) is 10.9 Å². The van der Waals surface area contributed by atoms with Gasteiger partial charge in [0.1, 0.15) is 22.9 Å². The first-order valence-corrected chi connectivity index (χ1v) is 6.79. The number of rotatable bonds is 3. The molecule has 2 aromatic heterocycles. The number of ketones is 1. The molecule has 0 amide bonds. The van der Waals surface area contributed by atoms with Gasteiger partial charge in [-0.15, -0.1) is 0 Å². The van der Waals surface area contributed by atoms with Gasteiger partial charge in [0.25, 0.3) is 0 Å². The van der Waals surface area contributed by atoms with Crippen molar-refractivity contribution in [2.45, 2.75) is 6.18 Å². The number of phenolic OH excluding ortho intramolecular Hbond substituents is 1. The number of carbonyl (C=O) groups is 1. The first-order chi connectivity index (χ1) is 11.3. The molecule has 8 heteroatoms. The highest BCUT2D eigenvalue weighted by Crippen LogP contribution is 2.35. The van der Waals surface area contributed by atoms with Gasteiger partial charge in [0.05, 0.1) is 23.6 Å². The van der Waals surface area contributed by atoms with Crippen molar-refractivity contribution in [2.24, 2.45) is 0 Å². The molecule has 2 heterocycles. The van der Waals surface area contributed by atoms with Gasteiger partial charge in [-0.05, 0) is 24.3 Å². The summed E-state index contributed by atoms with van der Waals surface area (Å²) in [4.78, 5) is 18.7. The van der Waals surface area contributed by atoms with Crippen molar-refractivity contribution in [2.75, 3.05) is 7.11 Å². The maximum absolute atomic E-state index is 12.8. The number of aromatic amines is 1. The lowest BCUT2D eigenvalue weighted by molar-refractivity contribution is -0.141. The third-order valence-electron chi connectivity index (χ3n) is 3.51. The second-order valence-electron chi connectivity index (χ2n) is 4.97. The first kappa shape index (κ1) is 15.9. The van der Waals surface area contributed by atoms with Crippen LogP contribution in [-0.4, -0.2) is 28.0 Å². The average Bonchev–Trinajstić information content (AvgIpc) is 3.00. The Bertz CT molecular complexity index is 932.